The molecule has 6 heteroatoms. The second-order valence-corrected chi connectivity index (χ2v) is 7.82. The Bertz CT molecular complexity index is 785. The van der Waals surface area contributed by atoms with Crippen LogP contribution in [0, 0.1) is 5.82 Å². The topological polar surface area (TPSA) is 63.4 Å². The van der Waals surface area contributed by atoms with Crippen LogP contribution in [0.1, 0.15) is 18.4 Å². The summed E-state index contributed by atoms with van der Waals surface area (Å²) in [7, 11) is -3.68. The van der Waals surface area contributed by atoms with Crippen LogP contribution in [0.2, 0.25) is 0 Å². The summed E-state index contributed by atoms with van der Waals surface area (Å²) in [6.45, 7) is 0.647. The van der Waals surface area contributed by atoms with E-state index < -0.39 is 21.4 Å². The van der Waals surface area contributed by atoms with E-state index in [1.54, 1.807) is 0 Å². The summed E-state index contributed by atoms with van der Waals surface area (Å²) < 4.78 is 39.9. The third-order valence-electron chi connectivity index (χ3n) is 4.40. The molecule has 0 unspecified atom stereocenters. The highest BCUT2D eigenvalue weighted by Gasteiger charge is 2.36. The van der Waals surface area contributed by atoms with Gasteiger partial charge in [0.15, 0.2) is 0 Å². The van der Waals surface area contributed by atoms with Gasteiger partial charge in [0, 0.05) is 18.6 Å². The van der Waals surface area contributed by atoms with E-state index in [4.69, 9.17) is 5.73 Å². The number of hydrogen-bond donors (Lipinski definition) is 1. The van der Waals surface area contributed by atoms with Crippen LogP contribution in [0.15, 0.2) is 59.5 Å². The summed E-state index contributed by atoms with van der Waals surface area (Å²) in [5.74, 6) is -0.555. The van der Waals surface area contributed by atoms with Crippen LogP contribution in [0.3, 0.4) is 0 Å². The average molecular weight is 334 g/mol. The fraction of sp³-hybridized carbons (Fsp3) is 0.294. The van der Waals surface area contributed by atoms with Crippen molar-refractivity contribution >= 4 is 10.0 Å². The van der Waals surface area contributed by atoms with E-state index in [-0.39, 0.29) is 4.90 Å². The first-order chi connectivity index (χ1) is 10.9. The Morgan fingerprint density at radius 2 is 1.65 bits per heavy atom. The van der Waals surface area contributed by atoms with Gasteiger partial charge in [-0.1, -0.05) is 36.4 Å². The smallest absolute Gasteiger partial charge is 0.243 e. The van der Waals surface area contributed by atoms with Gasteiger partial charge in [0.05, 0.1) is 4.90 Å². The molecule has 2 N–H and O–H groups in total. The van der Waals surface area contributed by atoms with Gasteiger partial charge >= 0.3 is 0 Å². The van der Waals surface area contributed by atoms with E-state index in [0.717, 1.165) is 11.6 Å². The zero-order chi connectivity index (χ0) is 16.5. The molecular weight excluding hydrogens is 315 g/mol. The first-order valence-electron chi connectivity index (χ1n) is 7.52. The minimum atomic E-state index is -3.68. The van der Waals surface area contributed by atoms with Gasteiger partial charge in [-0.15, -0.1) is 0 Å². The first-order valence-corrected chi connectivity index (χ1v) is 8.96. The molecule has 0 atom stereocenters. The van der Waals surface area contributed by atoms with Crippen LogP contribution in [0.5, 0.6) is 0 Å². The van der Waals surface area contributed by atoms with Crippen LogP contribution in [0.4, 0.5) is 4.39 Å². The van der Waals surface area contributed by atoms with Crippen LogP contribution in [-0.2, 0) is 15.6 Å². The van der Waals surface area contributed by atoms with Gasteiger partial charge in [0.25, 0.3) is 0 Å². The maximum absolute atomic E-state index is 13.3. The number of sulfonamides is 1. The Labute approximate surface area is 135 Å². The number of halogens is 1. The fourth-order valence-electron chi connectivity index (χ4n) is 2.96. The van der Waals surface area contributed by atoms with Gasteiger partial charge in [-0.2, -0.15) is 4.31 Å². The van der Waals surface area contributed by atoms with Gasteiger partial charge in [-0.25, -0.2) is 12.8 Å². The molecule has 2 aromatic rings. The lowest BCUT2D eigenvalue weighted by atomic mass is 9.83. The zero-order valence-electron chi connectivity index (χ0n) is 12.7. The second-order valence-electron chi connectivity index (χ2n) is 5.88. The highest BCUT2D eigenvalue weighted by Crippen LogP contribution is 2.32. The molecular formula is C17H19FN2O2S. The minimum Gasteiger partial charge on any atom is -0.321 e. The van der Waals surface area contributed by atoms with Crippen molar-refractivity contribution in [3.05, 3.63) is 66.0 Å². The Morgan fingerprint density at radius 3 is 2.26 bits per heavy atom. The summed E-state index contributed by atoms with van der Waals surface area (Å²) >= 11 is 0. The molecule has 0 saturated carbocycles. The monoisotopic (exact) mass is 334 g/mol. The minimum absolute atomic E-state index is 0.0123. The van der Waals surface area contributed by atoms with Crippen molar-refractivity contribution < 1.29 is 12.8 Å². The molecule has 4 nitrogen and oxygen atoms in total. The molecule has 1 saturated heterocycles. The van der Waals surface area contributed by atoms with Crippen LogP contribution in [-0.4, -0.2) is 25.8 Å². The first kappa shape index (κ1) is 16.1. The maximum Gasteiger partial charge on any atom is 0.243 e. The number of benzene rings is 2. The molecule has 1 heterocycles. The van der Waals surface area contributed by atoms with Crippen molar-refractivity contribution in [1.29, 1.82) is 0 Å². The summed E-state index contributed by atoms with van der Waals surface area (Å²) in [5.41, 5.74) is 6.97. The summed E-state index contributed by atoms with van der Waals surface area (Å²) in [5, 5.41) is 0. The van der Waals surface area contributed by atoms with Crippen molar-refractivity contribution in [2.45, 2.75) is 23.3 Å². The van der Waals surface area contributed by atoms with E-state index >= 15 is 0 Å². The highest BCUT2D eigenvalue weighted by molar-refractivity contribution is 7.89. The number of nitrogens with zero attached hydrogens (tertiary/aromatic N) is 1. The lowest BCUT2D eigenvalue weighted by Gasteiger charge is -2.39. The second kappa shape index (κ2) is 6.03. The summed E-state index contributed by atoms with van der Waals surface area (Å²) in [6, 6.07) is 14.8. The molecule has 23 heavy (non-hydrogen) atoms. The number of hydrogen-bond acceptors (Lipinski definition) is 3. The Morgan fingerprint density at radius 1 is 1.00 bits per heavy atom. The normalized spacial score (nSPS) is 18.7. The molecule has 0 aromatic heterocycles. The van der Waals surface area contributed by atoms with Gasteiger partial charge in [-0.05, 0) is 36.6 Å². The molecule has 3 rings (SSSR count). The Kier molecular flexibility index (Phi) is 4.23. The van der Waals surface area contributed by atoms with Crippen molar-refractivity contribution in [3.63, 3.8) is 0 Å². The van der Waals surface area contributed by atoms with E-state index in [1.807, 2.05) is 30.3 Å². The van der Waals surface area contributed by atoms with Crippen LogP contribution >= 0.6 is 0 Å². The van der Waals surface area contributed by atoms with E-state index in [1.165, 1.54) is 22.5 Å². The SMILES string of the molecule is NC1(c2ccccc2)CCN(S(=O)(=O)c2cccc(F)c2)CC1. The van der Waals surface area contributed by atoms with E-state index in [2.05, 4.69) is 0 Å². The Balaban J connectivity index is 1.79. The number of nitrogens with two attached hydrogens (primary N) is 1. The Hall–Kier alpha value is -1.76. The number of piperidine rings is 1. The molecule has 1 fully saturated rings. The third kappa shape index (κ3) is 3.15. The molecule has 0 bridgehead atoms. The molecule has 122 valence electrons. The highest BCUT2D eigenvalue weighted by atomic mass is 32.2. The molecule has 2 aromatic carbocycles. The van der Waals surface area contributed by atoms with Crippen molar-refractivity contribution in [1.82, 2.24) is 4.31 Å². The van der Waals surface area contributed by atoms with Crippen molar-refractivity contribution in [3.8, 4) is 0 Å². The third-order valence-corrected chi connectivity index (χ3v) is 6.29. The lowest BCUT2D eigenvalue weighted by molar-refractivity contribution is 0.238. The lowest BCUT2D eigenvalue weighted by Crippen LogP contribution is -2.49. The quantitative estimate of drug-likeness (QED) is 0.938. The zero-order valence-corrected chi connectivity index (χ0v) is 13.5. The standard InChI is InChI=1S/C17H19FN2O2S/c18-15-7-4-8-16(13-15)23(21,22)20-11-9-17(19,10-12-20)14-5-2-1-3-6-14/h1-8,13H,9-12,19H2. The van der Waals surface area contributed by atoms with Crippen molar-refractivity contribution in [2.75, 3.05) is 13.1 Å². The summed E-state index contributed by atoms with van der Waals surface area (Å²) in [4.78, 5) is -0.0123. The molecule has 0 amide bonds. The van der Waals surface area contributed by atoms with E-state index in [0.29, 0.717) is 25.9 Å². The molecule has 1 aliphatic rings. The largest absolute Gasteiger partial charge is 0.321 e. The molecule has 1 aliphatic heterocycles. The molecule has 0 aliphatic carbocycles. The summed E-state index contributed by atoms with van der Waals surface area (Å²) in [6.07, 6.45) is 1.07. The predicted octanol–water partition coefficient (Wildman–Crippen LogP) is 2.46. The maximum atomic E-state index is 13.3. The van der Waals surface area contributed by atoms with Gasteiger partial charge < -0.3 is 5.73 Å². The predicted molar refractivity (Wildman–Crippen MR) is 86.7 cm³/mol. The fourth-order valence-corrected chi connectivity index (χ4v) is 4.43. The molecule has 0 radical (unpaired) electrons. The van der Waals surface area contributed by atoms with Gasteiger partial charge in [0.2, 0.25) is 10.0 Å². The van der Waals surface area contributed by atoms with Crippen LogP contribution < -0.4 is 5.73 Å². The van der Waals surface area contributed by atoms with Crippen LogP contribution in [0.25, 0.3) is 0 Å². The van der Waals surface area contributed by atoms with Gasteiger partial charge in [-0.3, -0.25) is 0 Å². The van der Waals surface area contributed by atoms with Crippen molar-refractivity contribution in [2.24, 2.45) is 5.73 Å². The van der Waals surface area contributed by atoms with Gasteiger partial charge in [0.1, 0.15) is 5.82 Å². The van der Waals surface area contributed by atoms with E-state index in [9.17, 15) is 12.8 Å². The molecule has 0 spiro atoms. The number of rotatable bonds is 3. The average Bonchev–Trinajstić information content (AvgIpc) is 2.56.